The highest BCUT2D eigenvalue weighted by molar-refractivity contribution is 7.89. The average Bonchev–Trinajstić information content (AvgIpc) is 2.46. The van der Waals surface area contributed by atoms with E-state index < -0.39 is 15.8 Å². The molecule has 1 heterocycles. The minimum absolute atomic E-state index is 0.0587. The Morgan fingerprint density at radius 1 is 1.18 bits per heavy atom. The van der Waals surface area contributed by atoms with Gasteiger partial charge in [0, 0.05) is 32.3 Å². The van der Waals surface area contributed by atoms with Gasteiger partial charge in [0.15, 0.2) is 0 Å². The number of piperazine rings is 1. The number of halogens is 1. The normalized spacial score (nSPS) is 16.4. The lowest BCUT2D eigenvalue weighted by Gasteiger charge is -2.33. The molecule has 1 fully saturated rings. The Morgan fingerprint density at radius 2 is 1.82 bits per heavy atom. The first kappa shape index (κ1) is 16.6. The number of nitrogens with zero attached hydrogens (tertiary/aromatic N) is 2. The first-order valence-corrected chi connectivity index (χ1v) is 8.44. The van der Waals surface area contributed by atoms with Crippen LogP contribution in [0.4, 0.5) is 4.39 Å². The third-order valence-electron chi connectivity index (χ3n) is 3.40. The van der Waals surface area contributed by atoms with E-state index in [0.29, 0.717) is 13.1 Å². The van der Waals surface area contributed by atoms with Crippen LogP contribution in [-0.4, -0.2) is 49.7 Å². The summed E-state index contributed by atoms with van der Waals surface area (Å²) >= 11 is 0. The van der Waals surface area contributed by atoms with Gasteiger partial charge in [-0.15, -0.1) is 0 Å². The lowest BCUT2D eigenvalue weighted by atomic mass is 10.3. The summed E-state index contributed by atoms with van der Waals surface area (Å²) in [6, 6.07) is 4.96. The van der Waals surface area contributed by atoms with E-state index in [9.17, 15) is 17.6 Å². The predicted molar refractivity (Wildman–Crippen MR) is 81.2 cm³/mol. The van der Waals surface area contributed by atoms with Crippen LogP contribution in [0.3, 0.4) is 0 Å². The van der Waals surface area contributed by atoms with Crippen LogP contribution in [0.5, 0.6) is 0 Å². The Bertz CT molecular complexity index is 688. The Kier molecular flexibility index (Phi) is 4.97. The molecule has 0 saturated carbocycles. The summed E-state index contributed by atoms with van der Waals surface area (Å²) in [6.45, 7) is 4.75. The lowest BCUT2D eigenvalue weighted by molar-refractivity contribution is -0.127. The topological polar surface area (TPSA) is 57.7 Å². The van der Waals surface area contributed by atoms with Gasteiger partial charge < -0.3 is 4.90 Å². The largest absolute Gasteiger partial charge is 0.337 e. The van der Waals surface area contributed by atoms with Gasteiger partial charge in [-0.05, 0) is 32.0 Å². The summed E-state index contributed by atoms with van der Waals surface area (Å²) < 4.78 is 39.4. The van der Waals surface area contributed by atoms with Crippen LogP contribution in [0.1, 0.15) is 13.8 Å². The molecule has 5 nitrogen and oxygen atoms in total. The molecule has 0 aliphatic carbocycles. The zero-order valence-electron chi connectivity index (χ0n) is 12.6. The molecule has 0 bridgehead atoms. The van der Waals surface area contributed by atoms with Crippen LogP contribution in [0.15, 0.2) is 40.8 Å². The zero-order valence-corrected chi connectivity index (χ0v) is 13.4. The number of sulfonamides is 1. The minimum atomic E-state index is -3.72. The van der Waals surface area contributed by atoms with Gasteiger partial charge in [-0.3, -0.25) is 4.79 Å². The highest BCUT2D eigenvalue weighted by Crippen LogP contribution is 2.18. The van der Waals surface area contributed by atoms with Gasteiger partial charge in [-0.2, -0.15) is 4.31 Å². The summed E-state index contributed by atoms with van der Waals surface area (Å²) in [5, 5.41) is 0. The molecule has 1 aromatic rings. The van der Waals surface area contributed by atoms with E-state index in [1.54, 1.807) is 4.90 Å². The van der Waals surface area contributed by atoms with E-state index in [1.807, 2.05) is 13.8 Å². The van der Waals surface area contributed by atoms with Crippen molar-refractivity contribution < 1.29 is 17.6 Å². The van der Waals surface area contributed by atoms with E-state index in [1.165, 1.54) is 28.6 Å². The fourth-order valence-electron chi connectivity index (χ4n) is 2.26. The molecule has 0 spiro atoms. The maximum Gasteiger partial charge on any atom is 0.246 e. The van der Waals surface area contributed by atoms with Crippen molar-refractivity contribution in [2.45, 2.75) is 18.7 Å². The second kappa shape index (κ2) is 6.58. The highest BCUT2D eigenvalue weighted by Gasteiger charge is 2.29. The Hall–Kier alpha value is -1.73. The summed E-state index contributed by atoms with van der Waals surface area (Å²) in [7, 11) is -3.72. The number of carbonyl (C=O) groups excluding carboxylic acids is 1. The molecule has 1 aliphatic heterocycles. The number of rotatable bonds is 3. The molecular weight excluding hydrogens is 307 g/mol. The molecule has 0 aromatic heterocycles. The van der Waals surface area contributed by atoms with Crippen LogP contribution in [0.2, 0.25) is 0 Å². The first-order valence-electron chi connectivity index (χ1n) is 7.00. The molecular formula is C15H19FN2O3S. The third-order valence-corrected chi connectivity index (χ3v) is 5.29. The van der Waals surface area contributed by atoms with Crippen LogP contribution in [0.25, 0.3) is 0 Å². The van der Waals surface area contributed by atoms with Crippen LogP contribution in [0, 0.1) is 5.82 Å². The minimum Gasteiger partial charge on any atom is -0.337 e. The Labute approximate surface area is 130 Å². The molecule has 0 radical (unpaired) electrons. The van der Waals surface area contributed by atoms with Gasteiger partial charge >= 0.3 is 0 Å². The third kappa shape index (κ3) is 3.72. The molecule has 2 rings (SSSR count). The average molecular weight is 326 g/mol. The molecule has 0 atom stereocenters. The number of carbonyl (C=O) groups is 1. The van der Waals surface area contributed by atoms with Crippen molar-refractivity contribution in [3.63, 3.8) is 0 Å². The summed E-state index contributed by atoms with van der Waals surface area (Å²) in [6.07, 6.45) is 1.54. The van der Waals surface area contributed by atoms with E-state index in [0.717, 1.165) is 11.6 Å². The summed E-state index contributed by atoms with van der Waals surface area (Å²) in [5.41, 5.74) is 0.903. The lowest BCUT2D eigenvalue weighted by Crippen LogP contribution is -2.50. The fraction of sp³-hybridized carbons (Fsp3) is 0.400. The van der Waals surface area contributed by atoms with Gasteiger partial charge in [0.1, 0.15) is 5.82 Å². The van der Waals surface area contributed by atoms with Crippen molar-refractivity contribution in [2.75, 3.05) is 26.2 Å². The monoisotopic (exact) mass is 326 g/mol. The van der Waals surface area contributed by atoms with E-state index in [-0.39, 0.29) is 23.9 Å². The van der Waals surface area contributed by atoms with Crippen molar-refractivity contribution in [3.8, 4) is 0 Å². The molecule has 7 heteroatoms. The molecule has 120 valence electrons. The van der Waals surface area contributed by atoms with Crippen molar-refractivity contribution in [2.24, 2.45) is 0 Å². The SMILES string of the molecule is CC(C)=CC(=O)N1CCN(S(=O)(=O)c2cccc(F)c2)CC1. The van der Waals surface area contributed by atoms with Crippen molar-refractivity contribution >= 4 is 15.9 Å². The van der Waals surface area contributed by atoms with Crippen LogP contribution < -0.4 is 0 Å². The summed E-state index contributed by atoms with van der Waals surface area (Å²) in [4.78, 5) is 13.5. The number of allylic oxidation sites excluding steroid dienone is 1. The molecule has 1 amide bonds. The molecule has 1 saturated heterocycles. The van der Waals surface area contributed by atoms with Crippen molar-refractivity contribution in [1.82, 2.24) is 9.21 Å². The quantitative estimate of drug-likeness (QED) is 0.793. The van der Waals surface area contributed by atoms with Gasteiger partial charge in [-0.1, -0.05) is 11.6 Å². The molecule has 1 aliphatic rings. The fourth-order valence-corrected chi connectivity index (χ4v) is 3.72. The van der Waals surface area contributed by atoms with Crippen molar-refractivity contribution in [3.05, 3.63) is 41.7 Å². The maximum absolute atomic E-state index is 13.2. The molecule has 0 unspecified atom stereocenters. The summed E-state index contributed by atoms with van der Waals surface area (Å²) in [5.74, 6) is -0.693. The standard InChI is InChI=1S/C15H19FN2O3S/c1-12(2)10-15(19)17-6-8-18(9-7-17)22(20,21)14-5-3-4-13(16)11-14/h3-5,10-11H,6-9H2,1-2H3. The van der Waals surface area contributed by atoms with Gasteiger partial charge in [0.2, 0.25) is 15.9 Å². The second-order valence-corrected chi connectivity index (χ2v) is 7.35. The Balaban J connectivity index is 2.08. The molecule has 22 heavy (non-hydrogen) atoms. The number of hydrogen-bond donors (Lipinski definition) is 0. The zero-order chi connectivity index (χ0) is 16.3. The van der Waals surface area contributed by atoms with Crippen LogP contribution in [-0.2, 0) is 14.8 Å². The van der Waals surface area contributed by atoms with E-state index >= 15 is 0 Å². The van der Waals surface area contributed by atoms with Crippen LogP contribution >= 0.6 is 0 Å². The van der Waals surface area contributed by atoms with Gasteiger partial charge in [0.05, 0.1) is 4.90 Å². The predicted octanol–water partition coefficient (Wildman–Crippen LogP) is 1.62. The Morgan fingerprint density at radius 3 is 2.36 bits per heavy atom. The van der Waals surface area contributed by atoms with E-state index in [4.69, 9.17) is 0 Å². The second-order valence-electron chi connectivity index (χ2n) is 5.41. The number of amides is 1. The smallest absolute Gasteiger partial charge is 0.246 e. The molecule has 1 aromatic carbocycles. The van der Waals surface area contributed by atoms with E-state index in [2.05, 4.69) is 0 Å². The highest BCUT2D eigenvalue weighted by atomic mass is 32.2. The van der Waals surface area contributed by atoms with Crippen molar-refractivity contribution in [1.29, 1.82) is 0 Å². The van der Waals surface area contributed by atoms with Gasteiger partial charge in [-0.25, -0.2) is 12.8 Å². The first-order chi connectivity index (χ1) is 10.3. The molecule has 0 N–H and O–H groups in total. The maximum atomic E-state index is 13.2. The van der Waals surface area contributed by atoms with Gasteiger partial charge in [0.25, 0.3) is 0 Å². The number of hydrogen-bond acceptors (Lipinski definition) is 3. The number of benzene rings is 1.